The fourth-order valence-corrected chi connectivity index (χ4v) is 3.47. The summed E-state index contributed by atoms with van der Waals surface area (Å²) >= 11 is 3.56. The summed E-state index contributed by atoms with van der Waals surface area (Å²) in [6.07, 6.45) is 7.09. The fraction of sp³-hybridized carbons (Fsp3) is 0.688. The Morgan fingerprint density at radius 3 is 2.95 bits per heavy atom. The molecule has 0 aromatic carbocycles. The smallest absolute Gasteiger partial charge is 0.133 e. The summed E-state index contributed by atoms with van der Waals surface area (Å²) in [5.41, 5.74) is 1.30. The van der Waals surface area contributed by atoms with Crippen LogP contribution >= 0.6 is 15.9 Å². The van der Waals surface area contributed by atoms with Gasteiger partial charge in [0, 0.05) is 48.5 Å². The van der Waals surface area contributed by atoms with Crippen molar-refractivity contribution in [1.82, 2.24) is 15.2 Å². The number of halogens is 1. The van der Waals surface area contributed by atoms with E-state index in [4.69, 9.17) is 4.98 Å². The molecule has 1 atom stereocenters. The maximum absolute atomic E-state index is 4.70. The molecule has 21 heavy (non-hydrogen) atoms. The van der Waals surface area contributed by atoms with Crippen molar-refractivity contribution in [2.75, 3.05) is 32.1 Å². The topological polar surface area (TPSA) is 31.4 Å². The van der Waals surface area contributed by atoms with E-state index in [0.29, 0.717) is 6.04 Å². The number of nitrogens with one attached hydrogen (secondary N) is 1. The maximum Gasteiger partial charge on any atom is 0.133 e. The first-order valence-corrected chi connectivity index (χ1v) is 8.72. The highest BCUT2D eigenvalue weighted by molar-refractivity contribution is 9.10. The van der Waals surface area contributed by atoms with Crippen LogP contribution in [-0.4, -0.2) is 49.2 Å². The summed E-state index contributed by atoms with van der Waals surface area (Å²) in [4.78, 5) is 9.50. The second-order valence-corrected chi connectivity index (χ2v) is 7.38. The van der Waals surface area contributed by atoms with Crippen LogP contribution in [0.15, 0.2) is 16.7 Å². The third-order valence-electron chi connectivity index (χ3n) is 4.55. The molecule has 1 aliphatic heterocycles. The van der Waals surface area contributed by atoms with Gasteiger partial charge in [-0.2, -0.15) is 0 Å². The summed E-state index contributed by atoms with van der Waals surface area (Å²) in [7, 11) is 4.41. The van der Waals surface area contributed by atoms with Crippen LogP contribution in [0, 0.1) is 0 Å². The Morgan fingerprint density at radius 1 is 1.43 bits per heavy atom. The Balaban J connectivity index is 1.75. The summed E-state index contributed by atoms with van der Waals surface area (Å²) in [6.45, 7) is 3.26. The number of aromatic nitrogens is 1. The zero-order chi connectivity index (χ0) is 14.8. The molecule has 1 N–H and O–H groups in total. The molecule has 0 amide bonds. The Morgan fingerprint density at radius 2 is 2.24 bits per heavy atom. The molecule has 0 radical (unpaired) electrons. The van der Waals surface area contributed by atoms with Crippen molar-refractivity contribution in [1.29, 1.82) is 0 Å². The molecule has 2 aliphatic rings. The Hall–Kier alpha value is -0.650. The van der Waals surface area contributed by atoms with Gasteiger partial charge in [-0.25, -0.2) is 4.98 Å². The average Bonchev–Trinajstić information content (AvgIpc) is 3.29. The molecule has 1 unspecified atom stereocenters. The molecule has 0 spiro atoms. The fourth-order valence-electron chi connectivity index (χ4n) is 3.09. The van der Waals surface area contributed by atoms with E-state index in [1.807, 2.05) is 6.20 Å². The summed E-state index contributed by atoms with van der Waals surface area (Å²) in [5.74, 6) is 1.13. The number of piperidine rings is 1. The molecule has 1 aromatic heterocycles. The zero-order valence-corrected chi connectivity index (χ0v) is 14.6. The van der Waals surface area contributed by atoms with Gasteiger partial charge in [0.1, 0.15) is 5.82 Å². The molecule has 1 aliphatic carbocycles. The Bertz CT molecular complexity index is 489. The van der Waals surface area contributed by atoms with Crippen molar-refractivity contribution in [3.8, 4) is 0 Å². The molecule has 5 heteroatoms. The molecule has 0 bridgehead atoms. The minimum absolute atomic E-state index is 0.567. The number of anilines is 1. The largest absolute Gasteiger partial charge is 0.355 e. The van der Waals surface area contributed by atoms with Gasteiger partial charge in [-0.15, -0.1) is 0 Å². The molecule has 116 valence electrons. The van der Waals surface area contributed by atoms with Crippen LogP contribution in [0.25, 0.3) is 0 Å². The van der Waals surface area contributed by atoms with Gasteiger partial charge < -0.3 is 15.1 Å². The van der Waals surface area contributed by atoms with Crippen molar-refractivity contribution in [3.63, 3.8) is 0 Å². The van der Waals surface area contributed by atoms with Crippen LogP contribution in [0.5, 0.6) is 0 Å². The highest BCUT2D eigenvalue weighted by Gasteiger charge is 2.25. The zero-order valence-electron chi connectivity index (χ0n) is 13.0. The first kappa shape index (κ1) is 15.3. The minimum atomic E-state index is 0.567. The normalized spacial score (nSPS) is 23.3. The molecular formula is C16H25BrN4. The molecular weight excluding hydrogens is 328 g/mol. The molecule has 1 aromatic rings. The van der Waals surface area contributed by atoms with E-state index >= 15 is 0 Å². The van der Waals surface area contributed by atoms with E-state index < -0.39 is 0 Å². The van der Waals surface area contributed by atoms with Gasteiger partial charge in [0.25, 0.3) is 0 Å². The molecule has 1 saturated carbocycles. The molecule has 1 saturated heterocycles. The second kappa shape index (κ2) is 6.63. The predicted octanol–water partition coefficient (Wildman–Crippen LogP) is 2.63. The predicted molar refractivity (Wildman–Crippen MR) is 90.7 cm³/mol. The monoisotopic (exact) mass is 352 g/mol. The van der Waals surface area contributed by atoms with E-state index in [1.165, 1.54) is 37.8 Å². The van der Waals surface area contributed by atoms with E-state index in [1.54, 1.807) is 0 Å². The lowest BCUT2D eigenvalue weighted by Crippen LogP contribution is -2.45. The number of hydrogen-bond acceptors (Lipinski definition) is 4. The van der Waals surface area contributed by atoms with Crippen LogP contribution in [-0.2, 0) is 6.54 Å². The van der Waals surface area contributed by atoms with E-state index in [-0.39, 0.29) is 0 Å². The third-order valence-corrected chi connectivity index (χ3v) is 4.98. The van der Waals surface area contributed by atoms with Gasteiger partial charge in [0.2, 0.25) is 0 Å². The van der Waals surface area contributed by atoms with Gasteiger partial charge >= 0.3 is 0 Å². The number of pyridine rings is 1. The van der Waals surface area contributed by atoms with Gasteiger partial charge in [-0.3, -0.25) is 0 Å². The number of likely N-dealkylation sites (tertiary alicyclic amines) is 1. The number of hydrogen-bond donors (Lipinski definition) is 1. The van der Waals surface area contributed by atoms with E-state index in [9.17, 15) is 0 Å². The van der Waals surface area contributed by atoms with Crippen LogP contribution in [0.1, 0.15) is 31.2 Å². The lowest BCUT2D eigenvalue weighted by Gasteiger charge is -2.37. The Labute approximate surface area is 136 Å². The molecule has 2 fully saturated rings. The highest BCUT2D eigenvalue weighted by atomic mass is 79.9. The first-order valence-electron chi connectivity index (χ1n) is 7.92. The average molecular weight is 353 g/mol. The summed E-state index contributed by atoms with van der Waals surface area (Å²) < 4.78 is 1.06. The van der Waals surface area contributed by atoms with Crippen molar-refractivity contribution >= 4 is 21.7 Å². The minimum Gasteiger partial charge on any atom is -0.355 e. The number of nitrogens with zero attached hydrogens (tertiary/aromatic N) is 3. The van der Waals surface area contributed by atoms with Crippen molar-refractivity contribution in [3.05, 3.63) is 22.3 Å². The van der Waals surface area contributed by atoms with Crippen LogP contribution < -0.4 is 10.2 Å². The molecule has 3 rings (SSSR count). The van der Waals surface area contributed by atoms with E-state index in [0.717, 1.165) is 29.4 Å². The number of likely N-dealkylation sites (N-methyl/N-ethyl adjacent to an activating group) is 2. The third kappa shape index (κ3) is 3.96. The first-order chi connectivity index (χ1) is 10.1. The van der Waals surface area contributed by atoms with Gasteiger partial charge in [-0.05, 0) is 61.3 Å². The quantitative estimate of drug-likeness (QED) is 0.882. The van der Waals surface area contributed by atoms with Crippen LogP contribution in [0.4, 0.5) is 5.82 Å². The standard InChI is InChI=1S/C16H25BrN4/c1-20-7-3-4-15(11-20)21(2)16-12(8-13(17)10-19-16)9-18-14-5-6-14/h8,10,14-15,18H,3-7,9,11H2,1-2H3. The Kier molecular flexibility index (Phi) is 4.82. The summed E-state index contributed by atoms with van der Waals surface area (Å²) in [5, 5.41) is 3.61. The van der Waals surface area contributed by atoms with Gasteiger partial charge in [0.05, 0.1) is 0 Å². The second-order valence-electron chi connectivity index (χ2n) is 6.46. The SMILES string of the molecule is CN1CCCC(N(C)c2ncc(Br)cc2CNC2CC2)C1. The van der Waals surface area contributed by atoms with Gasteiger partial charge in [0.15, 0.2) is 0 Å². The molecule has 2 heterocycles. The summed E-state index contributed by atoms with van der Waals surface area (Å²) in [6, 6.07) is 3.50. The van der Waals surface area contributed by atoms with Crippen molar-refractivity contribution in [2.45, 2.75) is 44.3 Å². The van der Waals surface area contributed by atoms with E-state index in [2.05, 4.69) is 51.2 Å². The van der Waals surface area contributed by atoms with Crippen LogP contribution in [0.2, 0.25) is 0 Å². The highest BCUT2D eigenvalue weighted by Crippen LogP contribution is 2.26. The molecule has 4 nitrogen and oxygen atoms in total. The van der Waals surface area contributed by atoms with Gasteiger partial charge in [-0.1, -0.05) is 0 Å². The van der Waals surface area contributed by atoms with Crippen molar-refractivity contribution in [2.24, 2.45) is 0 Å². The number of rotatable bonds is 5. The maximum atomic E-state index is 4.70. The van der Waals surface area contributed by atoms with Crippen LogP contribution in [0.3, 0.4) is 0 Å². The van der Waals surface area contributed by atoms with Crippen molar-refractivity contribution < 1.29 is 0 Å². The lowest BCUT2D eigenvalue weighted by atomic mass is 10.0. The lowest BCUT2D eigenvalue weighted by molar-refractivity contribution is 0.247.